The number of hydrogen-bond donors (Lipinski definition) is 0. The first-order valence-corrected chi connectivity index (χ1v) is 7.05. The molecule has 2 aromatic rings. The number of alkyl halides is 1. The van der Waals surface area contributed by atoms with Gasteiger partial charge < -0.3 is 4.74 Å². The zero-order valence-electron chi connectivity index (χ0n) is 10.4. The van der Waals surface area contributed by atoms with Crippen molar-refractivity contribution in [3.63, 3.8) is 0 Å². The highest BCUT2D eigenvalue weighted by atomic mass is 79.9. The molecule has 0 saturated carbocycles. The van der Waals surface area contributed by atoms with Crippen molar-refractivity contribution in [3.05, 3.63) is 63.9 Å². The second-order valence-corrected chi connectivity index (χ2v) is 5.57. The average Bonchev–Trinajstić information content (AvgIpc) is 2.42. The number of halogens is 3. The van der Waals surface area contributed by atoms with Gasteiger partial charge in [0.1, 0.15) is 11.6 Å². The first kappa shape index (κ1) is 14.4. The predicted octanol–water partition coefficient (Wildman–Crippen LogP) is 5.12. The molecule has 0 aliphatic heterocycles. The van der Waals surface area contributed by atoms with Crippen LogP contribution >= 0.6 is 27.5 Å². The third-order valence-corrected chi connectivity index (χ3v) is 3.93. The van der Waals surface area contributed by atoms with E-state index in [-0.39, 0.29) is 11.2 Å². The van der Waals surface area contributed by atoms with Crippen molar-refractivity contribution in [2.24, 2.45) is 0 Å². The highest BCUT2D eigenvalue weighted by molar-refractivity contribution is 9.10. The summed E-state index contributed by atoms with van der Waals surface area (Å²) in [5.41, 5.74) is 1.86. The minimum Gasteiger partial charge on any atom is -0.497 e. The van der Waals surface area contributed by atoms with Crippen molar-refractivity contribution in [1.82, 2.24) is 0 Å². The minimum atomic E-state index is -0.294. The molecule has 0 fully saturated rings. The fourth-order valence-electron chi connectivity index (χ4n) is 1.79. The van der Waals surface area contributed by atoms with E-state index in [1.54, 1.807) is 13.2 Å². The number of methoxy groups -OCH3 is 1. The molecule has 0 radical (unpaired) electrons. The van der Waals surface area contributed by atoms with Crippen LogP contribution in [0, 0.1) is 5.82 Å². The molecule has 0 heterocycles. The van der Waals surface area contributed by atoms with Gasteiger partial charge in [0.05, 0.1) is 17.0 Å². The maximum Gasteiger partial charge on any atom is 0.137 e. The molecule has 0 spiro atoms. The third-order valence-electron chi connectivity index (χ3n) is 2.88. The Morgan fingerprint density at radius 3 is 2.47 bits per heavy atom. The fourth-order valence-corrected chi connectivity index (χ4v) is 2.35. The summed E-state index contributed by atoms with van der Waals surface area (Å²) in [6.45, 7) is 0. The van der Waals surface area contributed by atoms with Crippen LogP contribution in [0.3, 0.4) is 0 Å². The minimum absolute atomic E-state index is 0.254. The molecule has 0 saturated heterocycles. The Balaban J connectivity index is 2.10. The molecular weight excluding hydrogens is 331 g/mol. The van der Waals surface area contributed by atoms with E-state index in [4.69, 9.17) is 16.3 Å². The van der Waals surface area contributed by atoms with Crippen molar-refractivity contribution in [2.45, 2.75) is 11.8 Å². The maximum absolute atomic E-state index is 13.5. The van der Waals surface area contributed by atoms with Gasteiger partial charge in [0.25, 0.3) is 0 Å². The van der Waals surface area contributed by atoms with Gasteiger partial charge in [0, 0.05) is 0 Å². The molecule has 100 valence electrons. The van der Waals surface area contributed by atoms with Crippen LogP contribution in [0.5, 0.6) is 5.75 Å². The highest BCUT2D eigenvalue weighted by Gasteiger charge is 2.11. The summed E-state index contributed by atoms with van der Waals surface area (Å²) in [4.78, 5) is 0. The van der Waals surface area contributed by atoms with E-state index >= 15 is 0 Å². The fraction of sp³-hybridized carbons (Fsp3) is 0.200. The molecule has 0 N–H and O–H groups in total. The third kappa shape index (κ3) is 3.71. The zero-order chi connectivity index (χ0) is 13.8. The predicted molar refractivity (Wildman–Crippen MR) is 79.4 cm³/mol. The lowest BCUT2D eigenvalue weighted by Crippen LogP contribution is -1.97. The zero-order valence-corrected chi connectivity index (χ0v) is 12.7. The smallest absolute Gasteiger partial charge is 0.137 e. The van der Waals surface area contributed by atoms with Crippen molar-refractivity contribution >= 4 is 27.5 Å². The largest absolute Gasteiger partial charge is 0.497 e. The highest BCUT2D eigenvalue weighted by Crippen LogP contribution is 2.28. The molecule has 2 rings (SSSR count). The quantitative estimate of drug-likeness (QED) is 0.700. The van der Waals surface area contributed by atoms with Crippen LogP contribution in [-0.4, -0.2) is 7.11 Å². The van der Waals surface area contributed by atoms with Crippen LogP contribution < -0.4 is 4.74 Å². The molecule has 1 atom stereocenters. The Hall–Kier alpha value is -1.06. The van der Waals surface area contributed by atoms with Gasteiger partial charge in [-0.05, 0) is 57.7 Å². The molecule has 0 bridgehead atoms. The Kier molecular flexibility index (Phi) is 4.83. The lowest BCUT2D eigenvalue weighted by molar-refractivity contribution is 0.414. The standard InChI is InChI=1S/C15H13BrClFO/c1-19-12-5-2-10(3-6-12)8-14(17)11-4-7-13(16)15(18)9-11/h2-7,9,14H,8H2,1H3. The summed E-state index contributed by atoms with van der Waals surface area (Å²) < 4.78 is 19.0. The lowest BCUT2D eigenvalue weighted by atomic mass is 10.0. The molecule has 19 heavy (non-hydrogen) atoms. The number of benzene rings is 2. The van der Waals surface area contributed by atoms with Gasteiger partial charge in [-0.2, -0.15) is 0 Å². The van der Waals surface area contributed by atoms with Gasteiger partial charge in [-0.3, -0.25) is 0 Å². The Labute approximate surface area is 125 Å². The first-order valence-electron chi connectivity index (χ1n) is 5.82. The second kappa shape index (κ2) is 6.40. The van der Waals surface area contributed by atoms with Crippen LogP contribution in [0.25, 0.3) is 0 Å². The van der Waals surface area contributed by atoms with Gasteiger partial charge in [-0.25, -0.2) is 4.39 Å². The van der Waals surface area contributed by atoms with Gasteiger partial charge >= 0.3 is 0 Å². The summed E-state index contributed by atoms with van der Waals surface area (Å²) in [7, 11) is 1.63. The summed E-state index contributed by atoms with van der Waals surface area (Å²) >= 11 is 9.45. The average molecular weight is 344 g/mol. The molecule has 0 amide bonds. The van der Waals surface area contributed by atoms with Gasteiger partial charge in [0.2, 0.25) is 0 Å². The summed E-state index contributed by atoms with van der Waals surface area (Å²) in [5, 5.41) is -0.254. The summed E-state index contributed by atoms with van der Waals surface area (Å²) in [6.07, 6.45) is 0.645. The van der Waals surface area contributed by atoms with Crippen LogP contribution in [0.15, 0.2) is 46.9 Å². The summed E-state index contributed by atoms with van der Waals surface area (Å²) in [5.74, 6) is 0.516. The van der Waals surface area contributed by atoms with E-state index in [0.29, 0.717) is 10.9 Å². The van der Waals surface area contributed by atoms with E-state index in [9.17, 15) is 4.39 Å². The molecule has 0 aromatic heterocycles. The molecule has 1 unspecified atom stereocenters. The Morgan fingerprint density at radius 2 is 1.89 bits per heavy atom. The topological polar surface area (TPSA) is 9.23 Å². The lowest BCUT2D eigenvalue weighted by Gasteiger charge is -2.11. The van der Waals surface area contributed by atoms with Gasteiger partial charge in [0.15, 0.2) is 0 Å². The van der Waals surface area contributed by atoms with Crippen LogP contribution in [0.1, 0.15) is 16.5 Å². The number of ether oxygens (including phenoxy) is 1. The van der Waals surface area contributed by atoms with E-state index in [1.165, 1.54) is 6.07 Å². The van der Waals surface area contributed by atoms with Crippen molar-refractivity contribution in [3.8, 4) is 5.75 Å². The summed E-state index contributed by atoms with van der Waals surface area (Å²) in [6, 6.07) is 12.7. The van der Waals surface area contributed by atoms with Crippen LogP contribution in [-0.2, 0) is 6.42 Å². The monoisotopic (exact) mass is 342 g/mol. The molecule has 1 nitrogen and oxygen atoms in total. The van der Waals surface area contributed by atoms with Crippen LogP contribution in [0.2, 0.25) is 0 Å². The van der Waals surface area contributed by atoms with Crippen molar-refractivity contribution in [1.29, 1.82) is 0 Å². The first-order chi connectivity index (χ1) is 9.10. The molecule has 2 aromatic carbocycles. The molecule has 0 aliphatic rings. The van der Waals surface area contributed by atoms with E-state index in [0.717, 1.165) is 16.9 Å². The van der Waals surface area contributed by atoms with E-state index in [2.05, 4.69) is 15.9 Å². The van der Waals surface area contributed by atoms with E-state index < -0.39 is 0 Å². The van der Waals surface area contributed by atoms with Gasteiger partial charge in [-0.15, -0.1) is 11.6 Å². The number of hydrogen-bond acceptors (Lipinski definition) is 1. The van der Waals surface area contributed by atoms with Crippen molar-refractivity contribution < 1.29 is 9.13 Å². The maximum atomic E-state index is 13.5. The van der Waals surface area contributed by atoms with Crippen molar-refractivity contribution in [2.75, 3.05) is 7.11 Å². The Morgan fingerprint density at radius 1 is 1.21 bits per heavy atom. The van der Waals surface area contributed by atoms with Crippen LogP contribution in [0.4, 0.5) is 4.39 Å². The molecule has 0 aliphatic carbocycles. The normalized spacial score (nSPS) is 12.2. The van der Waals surface area contributed by atoms with Gasteiger partial charge in [-0.1, -0.05) is 18.2 Å². The molecule has 4 heteroatoms. The number of rotatable bonds is 4. The molecular formula is C15H13BrClFO. The Bertz CT molecular complexity index is 557. The SMILES string of the molecule is COc1ccc(CC(Cl)c2ccc(Br)c(F)c2)cc1. The second-order valence-electron chi connectivity index (χ2n) is 4.19. The van der Waals surface area contributed by atoms with E-state index in [1.807, 2.05) is 30.3 Å².